The Bertz CT molecular complexity index is 383. The molecule has 0 aromatic carbocycles. The summed E-state index contributed by atoms with van der Waals surface area (Å²) in [4.78, 5) is 0. The predicted molar refractivity (Wildman–Crippen MR) is 59.1 cm³/mol. The average Bonchev–Trinajstić information content (AvgIpc) is 2.69. The summed E-state index contributed by atoms with van der Waals surface area (Å²) in [6.07, 6.45) is 3.00. The minimum absolute atomic E-state index is 0.456. The molecule has 3 rings (SSSR count). The highest BCUT2D eigenvalue weighted by Crippen LogP contribution is 2.29. The fourth-order valence-corrected chi connectivity index (χ4v) is 2.52. The zero-order valence-corrected chi connectivity index (χ0v) is 9.32. The summed E-state index contributed by atoms with van der Waals surface area (Å²) in [6, 6.07) is 0.456. The van der Waals surface area contributed by atoms with Crippen LogP contribution in [0.4, 0.5) is 5.82 Å². The van der Waals surface area contributed by atoms with Crippen LogP contribution in [0.25, 0.3) is 0 Å². The number of nitrogens with zero attached hydrogens (tertiary/aromatic N) is 2. The van der Waals surface area contributed by atoms with E-state index in [1.807, 2.05) is 0 Å². The molecule has 1 saturated heterocycles. The molecule has 2 aliphatic rings. The molecule has 3 heterocycles. The summed E-state index contributed by atoms with van der Waals surface area (Å²) in [5.74, 6) is 0.640. The van der Waals surface area contributed by atoms with Crippen molar-refractivity contribution in [2.24, 2.45) is 0 Å². The molecule has 0 spiro atoms. The molecular weight excluding hydrogens is 206 g/mol. The van der Waals surface area contributed by atoms with Crippen molar-refractivity contribution in [1.29, 1.82) is 0 Å². The number of anilines is 1. The number of nitrogens with two attached hydrogens (primary N) is 1. The van der Waals surface area contributed by atoms with Crippen molar-refractivity contribution < 1.29 is 9.47 Å². The first kappa shape index (κ1) is 10.1. The first-order valence-corrected chi connectivity index (χ1v) is 5.87. The van der Waals surface area contributed by atoms with Crippen molar-refractivity contribution in [3.8, 4) is 0 Å². The zero-order valence-electron chi connectivity index (χ0n) is 9.32. The van der Waals surface area contributed by atoms with E-state index in [4.69, 9.17) is 15.2 Å². The normalized spacial score (nSPS) is 22.0. The first-order valence-electron chi connectivity index (χ1n) is 5.87. The zero-order chi connectivity index (χ0) is 11.0. The van der Waals surface area contributed by atoms with Crippen molar-refractivity contribution in [2.75, 3.05) is 25.6 Å². The Morgan fingerprint density at radius 3 is 2.81 bits per heavy atom. The highest BCUT2D eigenvalue weighted by atomic mass is 16.5. The van der Waals surface area contributed by atoms with E-state index < -0.39 is 0 Å². The maximum Gasteiger partial charge on any atom is 0.151 e. The van der Waals surface area contributed by atoms with Crippen LogP contribution in [0, 0.1) is 0 Å². The van der Waals surface area contributed by atoms with Crippen molar-refractivity contribution in [2.45, 2.75) is 31.9 Å². The Balaban J connectivity index is 1.93. The van der Waals surface area contributed by atoms with Gasteiger partial charge in [-0.05, 0) is 12.8 Å². The molecule has 0 atom stereocenters. The van der Waals surface area contributed by atoms with E-state index in [1.165, 1.54) is 5.69 Å². The van der Waals surface area contributed by atoms with Crippen LogP contribution in [0.1, 0.15) is 30.1 Å². The lowest BCUT2D eigenvalue weighted by Crippen LogP contribution is -2.23. The predicted octanol–water partition coefficient (Wildman–Crippen LogP) is 0.889. The summed E-state index contributed by atoms with van der Waals surface area (Å²) < 4.78 is 12.9. The van der Waals surface area contributed by atoms with E-state index in [0.29, 0.717) is 18.5 Å². The number of rotatable bonds is 1. The Hall–Kier alpha value is -1.07. The van der Waals surface area contributed by atoms with Gasteiger partial charge in [0.2, 0.25) is 0 Å². The molecule has 1 aromatic heterocycles. The van der Waals surface area contributed by atoms with Gasteiger partial charge in [0.05, 0.1) is 19.3 Å². The van der Waals surface area contributed by atoms with Crippen LogP contribution in [-0.4, -0.2) is 29.6 Å². The van der Waals surface area contributed by atoms with Gasteiger partial charge < -0.3 is 15.2 Å². The van der Waals surface area contributed by atoms with Crippen molar-refractivity contribution >= 4 is 5.82 Å². The lowest BCUT2D eigenvalue weighted by Gasteiger charge is -2.25. The monoisotopic (exact) mass is 223 g/mol. The molecule has 1 fully saturated rings. The van der Waals surface area contributed by atoms with Gasteiger partial charge in [-0.15, -0.1) is 0 Å². The van der Waals surface area contributed by atoms with E-state index in [2.05, 4.69) is 9.78 Å². The molecule has 0 radical (unpaired) electrons. The molecule has 0 bridgehead atoms. The quantitative estimate of drug-likeness (QED) is 0.768. The molecule has 1 aromatic rings. The van der Waals surface area contributed by atoms with Gasteiger partial charge in [-0.25, -0.2) is 0 Å². The smallest absolute Gasteiger partial charge is 0.151 e. The number of hydrogen-bond acceptors (Lipinski definition) is 4. The Morgan fingerprint density at radius 1 is 1.19 bits per heavy atom. The first-order chi connectivity index (χ1) is 7.86. The van der Waals surface area contributed by atoms with Crippen LogP contribution >= 0.6 is 0 Å². The fraction of sp³-hybridized carbons (Fsp3) is 0.727. The summed E-state index contributed by atoms with van der Waals surface area (Å²) in [7, 11) is 0. The van der Waals surface area contributed by atoms with Gasteiger partial charge in [-0.3, -0.25) is 4.68 Å². The number of fused-ring (bicyclic) bond motifs is 1. The molecule has 16 heavy (non-hydrogen) atoms. The fourth-order valence-electron chi connectivity index (χ4n) is 2.52. The van der Waals surface area contributed by atoms with E-state index >= 15 is 0 Å². The molecule has 0 unspecified atom stereocenters. The maximum atomic E-state index is 5.93. The molecule has 5 heteroatoms. The molecule has 2 N–H and O–H groups in total. The number of hydrogen-bond donors (Lipinski definition) is 1. The third kappa shape index (κ3) is 1.60. The summed E-state index contributed by atoms with van der Waals surface area (Å²) >= 11 is 0. The Labute approximate surface area is 94.5 Å². The lowest BCUT2D eigenvalue weighted by molar-refractivity contribution is 0.0631. The SMILES string of the molecule is Nc1nn(C2CCOCC2)c2c1COCC2. The maximum absolute atomic E-state index is 5.93. The van der Waals surface area contributed by atoms with Crippen LogP contribution < -0.4 is 5.73 Å². The topological polar surface area (TPSA) is 62.3 Å². The third-order valence-electron chi connectivity index (χ3n) is 3.42. The van der Waals surface area contributed by atoms with Crippen molar-refractivity contribution in [3.05, 3.63) is 11.3 Å². The number of ether oxygens (including phenoxy) is 2. The second-order valence-corrected chi connectivity index (χ2v) is 4.40. The van der Waals surface area contributed by atoms with Crippen LogP contribution in [0.2, 0.25) is 0 Å². The van der Waals surface area contributed by atoms with Crippen LogP contribution in [0.3, 0.4) is 0 Å². The highest BCUT2D eigenvalue weighted by molar-refractivity contribution is 5.43. The van der Waals surface area contributed by atoms with Gasteiger partial charge in [0, 0.05) is 30.9 Å². The Kier molecular flexibility index (Phi) is 2.57. The minimum Gasteiger partial charge on any atom is -0.382 e. The lowest BCUT2D eigenvalue weighted by atomic mass is 10.1. The highest BCUT2D eigenvalue weighted by Gasteiger charge is 2.25. The van der Waals surface area contributed by atoms with Crippen LogP contribution in [-0.2, 0) is 22.5 Å². The standard InChI is InChI=1S/C11H17N3O2/c12-11-9-7-16-6-3-10(9)14(13-11)8-1-4-15-5-2-8/h8H,1-7H2,(H2,12,13). The van der Waals surface area contributed by atoms with Gasteiger partial charge in [-0.1, -0.05) is 0 Å². The van der Waals surface area contributed by atoms with Gasteiger partial charge >= 0.3 is 0 Å². The van der Waals surface area contributed by atoms with Crippen molar-refractivity contribution in [3.63, 3.8) is 0 Å². The van der Waals surface area contributed by atoms with E-state index in [0.717, 1.165) is 44.6 Å². The number of nitrogen functional groups attached to an aromatic ring is 1. The average molecular weight is 223 g/mol. The Morgan fingerprint density at radius 2 is 2.00 bits per heavy atom. The minimum atomic E-state index is 0.456. The molecule has 0 aliphatic carbocycles. The van der Waals surface area contributed by atoms with Crippen LogP contribution in [0.5, 0.6) is 0 Å². The van der Waals surface area contributed by atoms with Gasteiger partial charge in [0.1, 0.15) is 0 Å². The molecule has 0 saturated carbocycles. The number of aromatic nitrogens is 2. The van der Waals surface area contributed by atoms with E-state index in [9.17, 15) is 0 Å². The summed E-state index contributed by atoms with van der Waals surface area (Å²) in [6.45, 7) is 3.05. The van der Waals surface area contributed by atoms with Crippen LogP contribution in [0.15, 0.2) is 0 Å². The van der Waals surface area contributed by atoms with Crippen molar-refractivity contribution in [1.82, 2.24) is 9.78 Å². The molecule has 88 valence electrons. The van der Waals surface area contributed by atoms with E-state index in [-0.39, 0.29) is 0 Å². The van der Waals surface area contributed by atoms with E-state index in [1.54, 1.807) is 0 Å². The molecule has 2 aliphatic heterocycles. The van der Waals surface area contributed by atoms with Gasteiger partial charge in [-0.2, -0.15) is 5.10 Å². The molecular formula is C11H17N3O2. The second-order valence-electron chi connectivity index (χ2n) is 4.40. The van der Waals surface area contributed by atoms with Gasteiger partial charge in [0.25, 0.3) is 0 Å². The van der Waals surface area contributed by atoms with Gasteiger partial charge in [0.15, 0.2) is 5.82 Å². The molecule has 5 nitrogen and oxygen atoms in total. The largest absolute Gasteiger partial charge is 0.382 e. The summed E-state index contributed by atoms with van der Waals surface area (Å²) in [5.41, 5.74) is 8.29. The molecule has 0 amide bonds. The third-order valence-corrected chi connectivity index (χ3v) is 3.42. The second kappa shape index (κ2) is 4.07. The summed E-state index contributed by atoms with van der Waals surface area (Å²) in [5, 5.41) is 4.47.